The number of amides is 2. The number of nitrogens with zero attached hydrogens (tertiary/aromatic N) is 3. The standard InChI is InChI=1S/C27H27BrF2N4O5/c1-3-4-9-38-24-22-26(37)33-14-20(27(8-7-15(33)2)11-21(28)32-39-27)34(22)13-18(23(24)35)25(36)31-12-16-5-6-17(29)10-19(16)30/h5-8,10,13,15,20H,3-4,9,11-12,14H2,1-2H3,(H,31,36)/t15-,20+,27-/m0/s1. The molecule has 1 aromatic carbocycles. The molecule has 0 saturated heterocycles. The number of rotatable bonds is 7. The SMILES string of the molecule is CCCCOc1c2n(cc(C(=O)NCc3ccc(F)cc3F)c1=O)[C@@H]1CN(C2=O)[C@@H](C)C=C[C@]12CC(Br)=NO2. The maximum atomic E-state index is 14.1. The van der Waals surface area contributed by atoms with E-state index >= 15 is 0 Å². The molecule has 0 unspecified atom stereocenters. The van der Waals surface area contributed by atoms with Crippen molar-refractivity contribution in [1.29, 1.82) is 0 Å². The minimum atomic E-state index is -0.974. The fraction of sp³-hybridized carbons (Fsp3) is 0.407. The van der Waals surface area contributed by atoms with Gasteiger partial charge in [-0.1, -0.05) is 30.6 Å². The lowest BCUT2D eigenvalue weighted by molar-refractivity contribution is -0.0317. The zero-order valence-corrected chi connectivity index (χ0v) is 23.0. The third-order valence-corrected chi connectivity index (χ3v) is 7.68. The lowest BCUT2D eigenvalue weighted by Crippen LogP contribution is -2.53. The van der Waals surface area contributed by atoms with Crippen molar-refractivity contribution >= 4 is 32.4 Å². The van der Waals surface area contributed by atoms with E-state index in [9.17, 15) is 23.2 Å². The van der Waals surface area contributed by atoms with E-state index in [1.54, 1.807) is 9.47 Å². The molecule has 2 aromatic rings. The van der Waals surface area contributed by atoms with Crippen LogP contribution in [0.3, 0.4) is 0 Å². The van der Waals surface area contributed by atoms with Gasteiger partial charge in [-0.15, -0.1) is 0 Å². The van der Waals surface area contributed by atoms with Gasteiger partial charge in [-0.2, -0.15) is 0 Å². The van der Waals surface area contributed by atoms with E-state index in [1.165, 1.54) is 12.3 Å². The number of hydrogen-bond donors (Lipinski definition) is 1. The van der Waals surface area contributed by atoms with E-state index in [-0.39, 0.29) is 48.3 Å². The number of nitrogens with one attached hydrogen (secondary N) is 1. The third kappa shape index (κ3) is 4.86. The van der Waals surface area contributed by atoms with Crippen molar-refractivity contribution in [3.05, 3.63) is 75.2 Å². The van der Waals surface area contributed by atoms with Crippen molar-refractivity contribution < 1.29 is 27.9 Å². The van der Waals surface area contributed by atoms with Crippen molar-refractivity contribution in [3.63, 3.8) is 0 Å². The Bertz CT molecular complexity index is 1460. The monoisotopic (exact) mass is 604 g/mol. The summed E-state index contributed by atoms with van der Waals surface area (Å²) in [5.41, 5.74) is -1.91. The number of carbonyl (C=O) groups is 2. The van der Waals surface area contributed by atoms with Gasteiger partial charge in [0.15, 0.2) is 17.0 Å². The van der Waals surface area contributed by atoms with Crippen molar-refractivity contribution in [2.45, 2.75) is 57.3 Å². The van der Waals surface area contributed by atoms with Gasteiger partial charge in [0.25, 0.3) is 11.8 Å². The van der Waals surface area contributed by atoms with Crippen LogP contribution in [0.2, 0.25) is 0 Å². The number of hydrogen-bond acceptors (Lipinski definition) is 6. The van der Waals surface area contributed by atoms with Gasteiger partial charge in [0.05, 0.1) is 12.6 Å². The molecule has 1 spiro atoms. The molecule has 206 valence electrons. The minimum Gasteiger partial charge on any atom is -0.487 e. The number of unbranched alkanes of at least 4 members (excludes halogenated alkanes) is 1. The van der Waals surface area contributed by atoms with Gasteiger partial charge >= 0.3 is 0 Å². The smallest absolute Gasteiger partial charge is 0.275 e. The zero-order chi connectivity index (χ0) is 27.9. The molecule has 9 nitrogen and oxygen atoms in total. The predicted octanol–water partition coefficient (Wildman–Crippen LogP) is 4.06. The quantitative estimate of drug-likeness (QED) is 0.379. The highest BCUT2D eigenvalue weighted by atomic mass is 79.9. The van der Waals surface area contributed by atoms with Crippen LogP contribution in [-0.4, -0.2) is 50.7 Å². The molecule has 2 amide bonds. The van der Waals surface area contributed by atoms with Crippen LogP contribution in [0.4, 0.5) is 8.78 Å². The molecule has 0 aliphatic carbocycles. The predicted molar refractivity (Wildman–Crippen MR) is 142 cm³/mol. The van der Waals surface area contributed by atoms with Gasteiger partial charge in [-0.05, 0) is 41.4 Å². The second-order valence-corrected chi connectivity index (χ2v) is 10.8. The third-order valence-electron chi connectivity index (χ3n) is 7.25. The molecular formula is C27H27BrF2N4O5. The molecule has 0 fully saturated rings. The first-order valence-corrected chi connectivity index (χ1v) is 13.5. The lowest BCUT2D eigenvalue weighted by Gasteiger charge is -2.42. The van der Waals surface area contributed by atoms with Gasteiger partial charge in [0, 0.05) is 43.4 Å². The summed E-state index contributed by atoms with van der Waals surface area (Å²) in [5, 5.41) is 6.62. The zero-order valence-electron chi connectivity index (χ0n) is 21.4. The van der Waals surface area contributed by atoms with Crippen LogP contribution in [0.25, 0.3) is 0 Å². The van der Waals surface area contributed by atoms with Crippen LogP contribution in [0.1, 0.15) is 65.6 Å². The molecule has 0 saturated carbocycles. The van der Waals surface area contributed by atoms with Gasteiger partial charge in [0.2, 0.25) is 5.43 Å². The van der Waals surface area contributed by atoms with Crippen LogP contribution in [0, 0.1) is 11.6 Å². The highest BCUT2D eigenvalue weighted by Gasteiger charge is 2.52. The van der Waals surface area contributed by atoms with E-state index in [4.69, 9.17) is 9.57 Å². The first kappa shape index (κ1) is 27.0. The van der Waals surface area contributed by atoms with E-state index in [1.807, 2.05) is 26.0 Å². The molecular weight excluding hydrogens is 578 g/mol. The molecule has 3 aliphatic rings. The Morgan fingerprint density at radius 1 is 1.33 bits per heavy atom. The van der Waals surface area contributed by atoms with Crippen LogP contribution < -0.4 is 15.5 Å². The fourth-order valence-corrected chi connectivity index (χ4v) is 5.57. The Hall–Kier alpha value is -3.54. The Morgan fingerprint density at radius 2 is 2.13 bits per heavy atom. The van der Waals surface area contributed by atoms with Crippen molar-refractivity contribution in [2.75, 3.05) is 13.2 Å². The summed E-state index contributed by atoms with van der Waals surface area (Å²) in [4.78, 5) is 48.2. The highest BCUT2D eigenvalue weighted by molar-refractivity contribution is 9.18. The number of halogens is 3. The molecule has 0 radical (unpaired) electrons. The van der Waals surface area contributed by atoms with E-state index < -0.39 is 40.5 Å². The first-order chi connectivity index (χ1) is 18.6. The number of pyridine rings is 1. The van der Waals surface area contributed by atoms with Crippen LogP contribution in [0.15, 0.2) is 46.5 Å². The highest BCUT2D eigenvalue weighted by Crippen LogP contribution is 2.44. The summed E-state index contributed by atoms with van der Waals surface area (Å²) in [6.07, 6.45) is 6.88. The minimum absolute atomic E-state index is 0.0371. The maximum absolute atomic E-state index is 14.1. The van der Waals surface area contributed by atoms with Gasteiger partial charge in [0.1, 0.15) is 21.8 Å². The summed E-state index contributed by atoms with van der Waals surface area (Å²) < 4.78 is 35.5. The number of ether oxygens (including phenoxy) is 1. The molecule has 39 heavy (non-hydrogen) atoms. The number of benzene rings is 1. The maximum Gasteiger partial charge on any atom is 0.275 e. The molecule has 5 rings (SSSR count). The van der Waals surface area contributed by atoms with Gasteiger partial charge in [-0.25, -0.2) is 8.78 Å². The number of aromatic nitrogens is 1. The van der Waals surface area contributed by atoms with E-state index in [0.717, 1.165) is 12.5 Å². The topological polar surface area (TPSA) is 102 Å². The van der Waals surface area contributed by atoms with Crippen molar-refractivity contribution in [2.24, 2.45) is 5.16 Å². The lowest BCUT2D eigenvalue weighted by atomic mass is 9.89. The molecule has 2 bridgehead atoms. The average molecular weight is 605 g/mol. The molecule has 3 aliphatic heterocycles. The summed E-state index contributed by atoms with van der Waals surface area (Å²) in [6.45, 7) is 3.98. The Morgan fingerprint density at radius 3 is 2.82 bits per heavy atom. The molecule has 3 atom stereocenters. The second-order valence-electron chi connectivity index (χ2n) is 9.84. The molecule has 1 aromatic heterocycles. The van der Waals surface area contributed by atoms with Crippen LogP contribution in [0.5, 0.6) is 5.75 Å². The summed E-state index contributed by atoms with van der Waals surface area (Å²) >= 11 is 3.40. The second kappa shape index (κ2) is 10.6. The van der Waals surface area contributed by atoms with Crippen LogP contribution in [-0.2, 0) is 11.4 Å². The average Bonchev–Trinajstić information content (AvgIpc) is 3.23. The van der Waals surface area contributed by atoms with E-state index in [0.29, 0.717) is 23.5 Å². The fourth-order valence-electron chi connectivity index (χ4n) is 5.06. The largest absolute Gasteiger partial charge is 0.487 e. The Balaban J connectivity index is 1.60. The normalized spacial score (nSPS) is 23.3. The van der Waals surface area contributed by atoms with Crippen LogP contribution >= 0.6 is 15.9 Å². The molecule has 1 N–H and O–H groups in total. The van der Waals surface area contributed by atoms with E-state index in [2.05, 4.69) is 26.4 Å². The summed E-state index contributed by atoms with van der Waals surface area (Å²) in [5.74, 6) is -2.97. The Kier molecular flexibility index (Phi) is 7.32. The number of carbonyl (C=O) groups excluding carboxylic acids is 2. The van der Waals surface area contributed by atoms with Crippen molar-refractivity contribution in [1.82, 2.24) is 14.8 Å². The van der Waals surface area contributed by atoms with Gasteiger partial charge in [-0.3, -0.25) is 14.4 Å². The number of oxime groups is 1. The van der Waals surface area contributed by atoms with Gasteiger partial charge < -0.3 is 24.4 Å². The number of fused-ring (bicyclic) bond motifs is 5. The molecule has 12 heteroatoms. The first-order valence-electron chi connectivity index (χ1n) is 12.7. The summed E-state index contributed by atoms with van der Waals surface area (Å²) in [6, 6.07) is 2.18. The molecule has 4 heterocycles. The summed E-state index contributed by atoms with van der Waals surface area (Å²) in [7, 11) is 0. The Labute approximate surface area is 231 Å². The van der Waals surface area contributed by atoms with Crippen molar-refractivity contribution in [3.8, 4) is 5.75 Å².